The zero-order chi connectivity index (χ0) is 21.5. The number of urea groups is 1. The van der Waals surface area contributed by atoms with Crippen LogP contribution in [0.15, 0.2) is 53.3 Å². The van der Waals surface area contributed by atoms with Gasteiger partial charge in [0.15, 0.2) is 0 Å². The molecule has 0 N–H and O–H groups in total. The molecule has 1 aliphatic carbocycles. The number of carbonyl (C=O) groups is 1. The summed E-state index contributed by atoms with van der Waals surface area (Å²) in [7, 11) is 0. The Morgan fingerprint density at radius 2 is 1.77 bits per heavy atom. The second kappa shape index (κ2) is 7.84. The standard InChI is InChI=1S/C25H28N4O2/c1-17(2)13-14-27-22-10-6-4-8-20(22)24(30)26-23(27)16-29-21-9-5-3-7-18(21)15-28(25(29)31)19-11-12-19/h3-10,17,19H,11-16H2,1-2H3. The number of anilines is 1. The monoisotopic (exact) mass is 416 g/mol. The molecular formula is C25H28N4O2. The minimum Gasteiger partial charge on any atom is -0.327 e. The van der Waals surface area contributed by atoms with E-state index in [4.69, 9.17) is 0 Å². The van der Waals surface area contributed by atoms with Crippen LogP contribution in [0.5, 0.6) is 0 Å². The van der Waals surface area contributed by atoms with Crippen molar-refractivity contribution in [2.24, 2.45) is 5.92 Å². The summed E-state index contributed by atoms with van der Waals surface area (Å²) in [6.07, 6.45) is 3.10. The van der Waals surface area contributed by atoms with Crippen molar-refractivity contribution in [2.45, 2.75) is 58.8 Å². The Bertz CT molecular complexity index is 1200. The SMILES string of the molecule is CC(C)CCn1c(CN2C(=O)N(C3CC3)Cc3ccccc32)nc(=O)c2ccccc21. The Balaban J connectivity index is 1.60. The highest BCUT2D eigenvalue weighted by Crippen LogP contribution is 2.36. The van der Waals surface area contributed by atoms with Crippen LogP contribution in [0.1, 0.15) is 44.5 Å². The predicted octanol–water partition coefficient (Wildman–Crippen LogP) is 4.55. The lowest BCUT2D eigenvalue weighted by atomic mass is 10.1. The molecule has 1 aliphatic heterocycles. The van der Waals surface area contributed by atoms with E-state index in [0.717, 1.165) is 42.6 Å². The molecule has 3 aromatic rings. The number of aryl methyl sites for hydroxylation is 1. The van der Waals surface area contributed by atoms with E-state index in [2.05, 4.69) is 29.5 Å². The molecular weight excluding hydrogens is 388 g/mol. The Hall–Kier alpha value is -3.15. The van der Waals surface area contributed by atoms with Crippen molar-refractivity contribution >= 4 is 22.6 Å². The van der Waals surface area contributed by atoms with Gasteiger partial charge in [0, 0.05) is 19.1 Å². The smallest absolute Gasteiger partial charge is 0.325 e. The molecule has 1 aromatic heterocycles. The number of carbonyl (C=O) groups excluding carboxylic acids is 1. The molecule has 0 saturated heterocycles. The fourth-order valence-corrected chi connectivity index (χ4v) is 4.41. The highest BCUT2D eigenvalue weighted by atomic mass is 16.2. The first-order chi connectivity index (χ1) is 15.0. The van der Waals surface area contributed by atoms with Gasteiger partial charge in [0.1, 0.15) is 5.82 Å². The second-order valence-electron chi connectivity index (χ2n) is 9.04. The van der Waals surface area contributed by atoms with E-state index in [1.165, 1.54) is 0 Å². The van der Waals surface area contributed by atoms with Gasteiger partial charge in [-0.05, 0) is 48.9 Å². The van der Waals surface area contributed by atoms with Gasteiger partial charge in [-0.25, -0.2) is 4.79 Å². The van der Waals surface area contributed by atoms with Gasteiger partial charge in [0.05, 0.1) is 23.1 Å². The van der Waals surface area contributed by atoms with Gasteiger partial charge in [0.2, 0.25) is 0 Å². The Morgan fingerprint density at radius 1 is 1.03 bits per heavy atom. The Kier molecular flexibility index (Phi) is 5.00. The number of nitrogens with zero attached hydrogens (tertiary/aromatic N) is 4. The van der Waals surface area contributed by atoms with E-state index < -0.39 is 0 Å². The van der Waals surface area contributed by atoms with E-state index in [1.807, 2.05) is 47.4 Å². The number of fused-ring (bicyclic) bond motifs is 2. The van der Waals surface area contributed by atoms with Crippen LogP contribution >= 0.6 is 0 Å². The summed E-state index contributed by atoms with van der Waals surface area (Å²) >= 11 is 0. The summed E-state index contributed by atoms with van der Waals surface area (Å²) in [6.45, 7) is 6.08. The first kappa shape index (κ1) is 19.8. The van der Waals surface area contributed by atoms with Crippen LogP contribution in [0.2, 0.25) is 0 Å². The van der Waals surface area contributed by atoms with Gasteiger partial charge in [-0.1, -0.05) is 44.2 Å². The second-order valence-corrected chi connectivity index (χ2v) is 9.04. The lowest BCUT2D eigenvalue weighted by Gasteiger charge is -2.37. The van der Waals surface area contributed by atoms with Crippen molar-refractivity contribution in [3.63, 3.8) is 0 Å². The maximum absolute atomic E-state index is 13.4. The first-order valence-corrected chi connectivity index (χ1v) is 11.2. The zero-order valence-electron chi connectivity index (χ0n) is 18.1. The topological polar surface area (TPSA) is 58.4 Å². The van der Waals surface area contributed by atoms with Gasteiger partial charge >= 0.3 is 6.03 Å². The van der Waals surface area contributed by atoms with Crippen molar-refractivity contribution in [3.8, 4) is 0 Å². The van der Waals surface area contributed by atoms with Gasteiger partial charge in [-0.2, -0.15) is 4.98 Å². The molecule has 160 valence electrons. The Labute approximate surface area is 182 Å². The largest absolute Gasteiger partial charge is 0.327 e. The summed E-state index contributed by atoms with van der Waals surface area (Å²) in [5.74, 6) is 1.17. The fourth-order valence-electron chi connectivity index (χ4n) is 4.41. The van der Waals surface area contributed by atoms with Crippen molar-refractivity contribution < 1.29 is 4.79 Å². The summed E-state index contributed by atoms with van der Waals surface area (Å²) in [5, 5.41) is 0.625. The number of amides is 2. The van der Waals surface area contributed by atoms with Crippen LogP contribution in [0.25, 0.3) is 10.9 Å². The van der Waals surface area contributed by atoms with Crippen LogP contribution < -0.4 is 10.5 Å². The molecule has 31 heavy (non-hydrogen) atoms. The minimum absolute atomic E-state index is 0.0130. The van der Waals surface area contributed by atoms with E-state index >= 15 is 0 Å². The highest BCUT2D eigenvalue weighted by Gasteiger charge is 2.39. The molecule has 6 nitrogen and oxygen atoms in total. The number of hydrogen-bond donors (Lipinski definition) is 0. The lowest BCUT2D eigenvalue weighted by molar-refractivity contribution is 0.194. The van der Waals surface area contributed by atoms with Crippen LogP contribution in [0.4, 0.5) is 10.5 Å². The predicted molar refractivity (Wildman–Crippen MR) is 122 cm³/mol. The summed E-state index contributed by atoms with van der Waals surface area (Å²) in [6, 6.07) is 16.0. The van der Waals surface area contributed by atoms with E-state index in [9.17, 15) is 9.59 Å². The number of hydrogen-bond acceptors (Lipinski definition) is 3. The average molecular weight is 417 g/mol. The molecule has 2 heterocycles. The van der Waals surface area contributed by atoms with Gasteiger partial charge in [-0.3, -0.25) is 9.69 Å². The lowest BCUT2D eigenvalue weighted by Crippen LogP contribution is -2.48. The number of para-hydroxylation sites is 2. The fraction of sp³-hybridized carbons (Fsp3) is 0.400. The minimum atomic E-state index is -0.233. The summed E-state index contributed by atoms with van der Waals surface area (Å²) in [5.41, 5.74) is 2.71. The first-order valence-electron chi connectivity index (χ1n) is 11.2. The quantitative estimate of drug-likeness (QED) is 0.592. The average Bonchev–Trinajstić information content (AvgIpc) is 3.60. The molecule has 0 atom stereocenters. The molecule has 0 radical (unpaired) electrons. The Morgan fingerprint density at radius 3 is 2.55 bits per heavy atom. The molecule has 2 aliphatic rings. The third-order valence-corrected chi connectivity index (χ3v) is 6.28. The van der Waals surface area contributed by atoms with Gasteiger partial charge < -0.3 is 9.47 Å². The third-order valence-electron chi connectivity index (χ3n) is 6.28. The van der Waals surface area contributed by atoms with Crippen LogP contribution in [0, 0.1) is 5.92 Å². The normalized spacial score (nSPS) is 16.3. The molecule has 1 fully saturated rings. The molecule has 5 rings (SSSR count). The summed E-state index contributed by atoms with van der Waals surface area (Å²) in [4.78, 5) is 34.5. The van der Waals surface area contributed by atoms with Crippen molar-refractivity contribution in [1.82, 2.24) is 14.5 Å². The third kappa shape index (κ3) is 3.71. The molecule has 6 heteroatoms. The molecule has 0 bridgehead atoms. The molecule has 2 aromatic carbocycles. The van der Waals surface area contributed by atoms with Crippen molar-refractivity contribution in [1.29, 1.82) is 0 Å². The summed E-state index contributed by atoms with van der Waals surface area (Å²) < 4.78 is 2.13. The van der Waals surface area contributed by atoms with Crippen molar-refractivity contribution in [2.75, 3.05) is 4.90 Å². The molecule has 1 saturated carbocycles. The number of aromatic nitrogens is 2. The van der Waals surface area contributed by atoms with Crippen molar-refractivity contribution in [3.05, 3.63) is 70.3 Å². The van der Waals surface area contributed by atoms with Crippen LogP contribution in [-0.2, 0) is 19.6 Å². The molecule has 0 spiro atoms. The number of rotatable bonds is 6. The number of benzene rings is 2. The maximum atomic E-state index is 13.4. The zero-order valence-corrected chi connectivity index (χ0v) is 18.1. The van der Waals surface area contributed by atoms with Gasteiger partial charge in [-0.15, -0.1) is 0 Å². The molecule has 2 amide bonds. The van der Waals surface area contributed by atoms with Crippen LogP contribution in [0.3, 0.4) is 0 Å². The maximum Gasteiger partial charge on any atom is 0.325 e. The van der Waals surface area contributed by atoms with E-state index in [0.29, 0.717) is 29.7 Å². The van der Waals surface area contributed by atoms with E-state index in [1.54, 1.807) is 4.90 Å². The molecule has 0 unspecified atom stereocenters. The van der Waals surface area contributed by atoms with Gasteiger partial charge in [0.25, 0.3) is 5.56 Å². The van der Waals surface area contributed by atoms with Crippen LogP contribution in [-0.4, -0.2) is 26.5 Å². The van der Waals surface area contributed by atoms with E-state index in [-0.39, 0.29) is 18.1 Å². The highest BCUT2D eigenvalue weighted by molar-refractivity contribution is 5.95.